The minimum Gasteiger partial charge on any atom is -0.493 e. The minimum atomic E-state index is -0.0750. The molecule has 1 aliphatic heterocycles. The molecule has 0 radical (unpaired) electrons. The molecular formula is C18H28NO5+. The Bertz CT molecular complexity index is 561. The molecule has 2 atom stereocenters. The van der Waals surface area contributed by atoms with E-state index in [9.17, 15) is 4.79 Å². The zero-order valence-corrected chi connectivity index (χ0v) is 15.0. The van der Waals surface area contributed by atoms with E-state index in [4.69, 9.17) is 18.9 Å². The molecule has 6 nitrogen and oxygen atoms in total. The Morgan fingerprint density at radius 3 is 2.54 bits per heavy atom. The maximum atomic E-state index is 12.0. The van der Waals surface area contributed by atoms with Gasteiger partial charge < -0.3 is 23.8 Å². The normalized spacial score (nSPS) is 20.3. The van der Waals surface area contributed by atoms with Crippen molar-refractivity contribution in [2.75, 3.05) is 41.0 Å². The van der Waals surface area contributed by atoms with E-state index in [1.54, 1.807) is 21.3 Å². The van der Waals surface area contributed by atoms with E-state index in [0.29, 0.717) is 23.9 Å². The number of ether oxygens (including phenoxy) is 4. The number of rotatable bonds is 7. The standard InChI is InChI=1S/C18H27NO5/c1-5-24-18(20)14-7-6-10-19(12-14)11-13-8-9-15(21-2)17(23-4)16(13)22-3/h8-9,14H,5-7,10-12H2,1-4H3/p+1/t14-/m1/s1. The Hall–Kier alpha value is -1.95. The summed E-state index contributed by atoms with van der Waals surface area (Å²) in [6, 6.07) is 3.89. The summed E-state index contributed by atoms with van der Waals surface area (Å²) in [7, 11) is 4.85. The van der Waals surface area contributed by atoms with Crippen molar-refractivity contribution in [3.05, 3.63) is 17.7 Å². The number of piperidine rings is 1. The Balaban J connectivity index is 2.14. The molecule has 1 unspecified atom stereocenters. The molecule has 1 aliphatic rings. The largest absolute Gasteiger partial charge is 0.493 e. The SMILES string of the molecule is CCOC(=O)[C@@H]1CCC[NH+](Cc2ccc(OC)c(OC)c2OC)C1. The topological polar surface area (TPSA) is 58.4 Å². The molecule has 1 aromatic rings. The van der Waals surface area contributed by atoms with Gasteiger partial charge in [0.25, 0.3) is 0 Å². The molecule has 24 heavy (non-hydrogen) atoms. The van der Waals surface area contributed by atoms with Crippen LogP contribution in [0, 0.1) is 5.92 Å². The fraction of sp³-hybridized carbons (Fsp3) is 0.611. The zero-order valence-electron chi connectivity index (χ0n) is 15.0. The third-order valence-electron chi connectivity index (χ3n) is 4.46. The summed E-state index contributed by atoms with van der Waals surface area (Å²) in [6.07, 6.45) is 1.93. The second kappa shape index (κ2) is 8.78. The first-order valence-electron chi connectivity index (χ1n) is 8.42. The predicted molar refractivity (Wildman–Crippen MR) is 89.9 cm³/mol. The first-order valence-corrected chi connectivity index (χ1v) is 8.42. The molecule has 1 aromatic carbocycles. The fourth-order valence-corrected chi connectivity index (χ4v) is 3.34. The van der Waals surface area contributed by atoms with Crippen molar-refractivity contribution in [3.8, 4) is 17.2 Å². The lowest BCUT2D eigenvalue weighted by atomic mass is 9.97. The highest BCUT2D eigenvalue weighted by atomic mass is 16.5. The van der Waals surface area contributed by atoms with E-state index >= 15 is 0 Å². The number of hydrogen-bond acceptors (Lipinski definition) is 5. The summed E-state index contributed by atoms with van der Waals surface area (Å²) < 4.78 is 21.5. The Kier molecular flexibility index (Phi) is 6.73. The Morgan fingerprint density at radius 2 is 1.92 bits per heavy atom. The van der Waals surface area contributed by atoms with Gasteiger partial charge in [-0.15, -0.1) is 0 Å². The molecule has 0 aliphatic carbocycles. The van der Waals surface area contributed by atoms with Crippen LogP contribution in [-0.2, 0) is 16.1 Å². The fourth-order valence-electron chi connectivity index (χ4n) is 3.34. The lowest BCUT2D eigenvalue weighted by molar-refractivity contribution is -0.921. The number of esters is 1. The minimum absolute atomic E-state index is 0.0140. The van der Waals surface area contributed by atoms with Crippen LogP contribution in [0.25, 0.3) is 0 Å². The molecule has 134 valence electrons. The maximum absolute atomic E-state index is 12.0. The van der Waals surface area contributed by atoms with Gasteiger partial charge in [0.1, 0.15) is 12.5 Å². The molecule has 1 heterocycles. The number of hydrogen-bond donors (Lipinski definition) is 1. The van der Waals surface area contributed by atoms with Gasteiger partial charge in [-0.25, -0.2) is 0 Å². The van der Waals surface area contributed by atoms with Gasteiger partial charge in [-0.3, -0.25) is 4.79 Å². The van der Waals surface area contributed by atoms with Gasteiger partial charge in [-0.1, -0.05) is 0 Å². The molecule has 1 fully saturated rings. The smallest absolute Gasteiger partial charge is 0.314 e. The second-order valence-corrected chi connectivity index (χ2v) is 5.97. The van der Waals surface area contributed by atoms with Gasteiger partial charge in [0, 0.05) is 0 Å². The van der Waals surface area contributed by atoms with Crippen molar-refractivity contribution < 1.29 is 28.6 Å². The van der Waals surface area contributed by atoms with Crippen molar-refractivity contribution in [3.63, 3.8) is 0 Å². The third kappa shape index (κ3) is 4.12. The zero-order chi connectivity index (χ0) is 17.5. The van der Waals surface area contributed by atoms with E-state index in [2.05, 4.69) is 0 Å². The van der Waals surface area contributed by atoms with Crippen LogP contribution in [0.1, 0.15) is 25.3 Å². The molecule has 0 aromatic heterocycles. The molecule has 0 bridgehead atoms. The molecule has 1 saturated heterocycles. The average molecular weight is 338 g/mol. The van der Waals surface area contributed by atoms with E-state index in [1.165, 1.54) is 4.90 Å². The molecule has 0 spiro atoms. The van der Waals surface area contributed by atoms with E-state index in [-0.39, 0.29) is 11.9 Å². The first kappa shape index (κ1) is 18.4. The van der Waals surface area contributed by atoms with Crippen LogP contribution >= 0.6 is 0 Å². The van der Waals surface area contributed by atoms with Crippen LogP contribution < -0.4 is 19.1 Å². The number of quaternary nitrogens is 1. The molecule has 2 rings (SSSR count). The number of benzene rings is 1. The van der Waals surface area contributed by atoms with Crippen LogP contribution in [0.15, 0.2) is 12.1 Å². The number of methoxy groups -OCH3 is 3. The van der Waals surface area contributed by atoms with Gasteiger partial charge >= 0.3 is 5.97 Å². The summed E-state index contributed by atoms with van der Waals surface area (Å²) >= 11 is 0. The number of likely N-dealkylation sites (tertiary alicyclic amines) is 1. The first-order chi connectivity index (χ1) is 11.6. The number of carbonyl (C=O) groups excluding carboxylic acids is 1. The predicted octanol–water partition coefficient (Wildman–Crippen LogP) is 1.07. The van der Waals surface area contributed by atoms with E-state index < -0.39 is 0 Å². The molecule has 6 heteroatoms. The molecular weight excluding hydrogens is 310 g/mol. The monoisotopic (exact) mass is 338 g/mol. The third-order valence-corrected chi connectivity index (χ3v) is 4.46. The van der Waals surface area contributed by atoms with Gasteiger partial charge in [0.05, 0.1) is 46.6 Å². The maximum Gasteiger partial charge on any atom is 0.314 e. The lowest BCUT2D eigenvalue weighted by Gasteiger charge is -2.29. The Morgan fingerprint density at radius 1 is 1.17 bits per heavy atom. The second-order valence-electron chi connectivity index (χ2n) is 5.97. The van der Waals surface area contributed by atoms with Crippen molar-refractivity contribution in [2.45, 2.75) is 26.3 Å². The van der Waals surface area contributed by atoms with Crippen molar-refractivity contribution >= 4 is 5.97 Å². The van der Waals surface area contributed by atoms with E-state index in [0.717, 1.165) is 38.0 Å². The summed E-state index contributed by atoms with van der Waals surface area (Å²) in [5.41, 5.74) is 1.05. The summed E-state index contributed by atoms with van der Waals surface area (Å²) in [5, 5.41) is 0. The van der Waals surface area contributed by atoms with Gasteiger partial charge in [0.2, 0.25) is 5.75 Å². The average Bonchev–Trinajstić information content (AvgIpc) is 2.61. The lowest BCUT2D eigenvalue weighted by Crippen LogP contribution is -3.12. The van der Waals surface area contributed by atoms with Crippen molar-refractivity contribution in [2.24, 2.45) is 5.92 Å². The molecule has 1 N–H and O–H groups in total. The van der Waals surface area contributed by atoms with Crippen LogP contribution in [0.2, 0.25) is 0 Å². The molecule has 0 amide bonds. The highest BCUT2D eigenvalue weighted by molar-refractivity contribution is 5.72. The van der Waals surface area contributed by atoms with Gasteiger partial charge in [-0.2, -0.15) is 0 Å². The quantitative estimate of drug-likeness (QED) is 0.754. The van der Waals surface area contributed by atoms with Crippen LogP contribution in [0.4, 0.5) is 0 Å². The summed E-state index contributed by atoms with van der Waals surface area (Å²) in [6.45, 7) is 4.89. The van der Waals surface area contributed by atoms with Gasteiger partial charge in [-0.05, 0) is 31.9 Å². The highest BCUT2D eigenvalue weighted by Crippen LogP contribution is 2.39. The highest BCUT2D eigenvalue weighted by Gasteiger charge is 2.30. The van der Waals surface area contributed by atoms with E-state index in [1.807, 2.05) is 19.1 Å². The van der Waals surface area contributed by atoms with Gasteiger partial charge in [0.15, 0.2) is 11.5 Å². The Labute approximate surface area is 143 Å². The summed E-state index contributed by atoms with van der Waals surface area (Å²) in [4.78, 5) is 13.4. The van der Waals surface area contributed by atoms with Crippen LogP contribution in [0.5, 0.6) is 17.2 Å². The van der Waals surface area contributed by atoms with Crippen LogP contribution in [0.3, 0.4) is 0 Å². The molecule has 0 saturated carbocycles. The number of carbonyl (C=O) groups is 1. The number of nitrogens with one attached hydrogen (secondary N) is 1. The summed E-state index contributed by atoms with van der Waals surface area (Å²) in [5.74, 6) is 1.86. The van der Waals surface area contributed by atoms with Crippen molar-refractivity contribution in [1.29, 1.82) is 0 Å². The van der Waals surface area contributed by atoms with Crippen molar-refractivity contribution in [1.82, 2.24) is 0 Å². The van der Waals surface area contributed by atoms with Crippen LogP contribution in [-0.4, -0.2) is 47.0 Å².